The highest BCUT2D eigenvalue weighted by molar-refractivity contribution is 5.84. The molecule has 7 nitrogen and oxygen atoms in total. The zero-order valence-electron chi connectivity index (χ0n) is 10.2. The van der Waals surface area contributed by atoms with E-state index in [0.29, 0.717) is 5.56 Å². The van der Waals surface area contributed by atoms with Gasteiger partial charge in [0.05, 0.1) is 0 Å². The van der Waals surface area contributed by atoms with Crippen LogP contribution >= 0.6 is 0 Å². The van der Waals surface area contributed by atoms with Gasteiger partial charge in [0.15, 0.2) is 16.9 Å². The van der Waals surface area contributed by atoms with Crippen molar-refractivity contribution in [1.29, 1.82) is 0 Å². The smallest absolute Gasteiger partial charge is 0.222 e. The van der Waals surface area contributed by atoms with Gasteiger partial charge in [-0.25, -0.2) is 4.98 Å². The summed E-state index contributed by atoms with van der Waals surface area (Å²) in [4.78, 5) is 19.6. The van der Waals surface area contributed by atoms with Gasteiger partial charge in [0, 0.05) is 11.6 Å². The SMILES string of the molecule is Nc1nc(N)c2oc(-c3cccc(O)c3)cc(=O)c2n1. The molecule has 2 heterocycles. The highest BCUT2D eigenvalue weighted by atomic mass is 16.3. The van der Waals surface area contributed by atoms with Crippen molar-refractivity contribution in [2.24, 2.45) is 0 Å². The van der Waals surface area contributed by atoms with E-state index in [9.17, 15) is 9.90 Å². The van der Waals surface area contributed by atoms with E-state index in [1.807, 2.05) is 0 Å². The van der Waals surface area contributed by atoms with E-state index >= 15 is 0 Å². The van der Waals surface area contributed by atoms with Crippen molar-refractivity contribution >= 4 is 22.9 Å². The summed E-state index contributed by atoms with van der Waals surface area (Å²) in [5.74, 6) is 0.226. The highest BCUT2D eigenvalue weighted by Crippen LogP contribution is 2.26. The number of hydrogen-bond acceptors (Lipinski definition) is 7. The number of anilines is 2. The van der Waals surface area contributed by atoms with E-state index in [0.717, 1.165) is 0 Å². The van der Waals surface area contributed by atoms with Gasteiger partial charge in [-0.15, -0.1) is 0 Å². The number of hydrogen-bond donors (Lipinski definition) is 3. The van der Waals surface area contributed by atoms with Crippen LogP contribution in [-0.4, -0.2) is 15.1 Å². The van der Waals surface area contributed by atoms with Crippen LogP contribution in [0.5, 0.6) is 5.75 Å². The van der Waals surface area contributed by atoms with Crippen LogP contribution in [0.3, 0.4) is 0 Å². The van der Waals surface area contributed by atoms with Gasteiger partial charge in [-0.05, 0) is 12.1 Å². The number of nitrogens with zero attached hydrogens (tertiary/aromatic N) is 2. The van der Waals surface area contributed by atoms with Crippen molar-refractivity contribution in [2.45, 2.75) is 0 Å². The van der Waals surface area contributed by atoms with Crippen molar-refractivity contribution in [2.75, 3.05) is 11.5 Å². The van der Waals surface area contributed by atoms with E-state index in [-0.39, 0.29) is 39.8 Å². The Labute approximate surface area is 112 Å². The molecule has 3 aromatic rings. The Morgan fingerprint density at radius 2 is 1.95 bits per heavy atom. The third kappa shape index (κ3) is 1.91. The van der Waals surface area contributed by atoms with Crippen molar-refractivity contribution in [3.63, 3.8) is 0 Å². The zero-order valence-corrected chi connectivity index (χ0v) is 10.2. The Balaban J connectivity index is 2.32. The zero-order chi connectivity index (χ0) is 14.3. The van der Waals surface area contributed by atoms with Gasteiger partial charge in [-0.1, -0.05) is 12.1 Å². The molecule has 5 N–H and O–H groups in total. The fourth-order valence-electron chi connectivity index (χ4n) is 1.88. The number of aromatic nitrogens is 2. The van der Waals surface area contributed by atoms with Crippen molar-refractivity contribution in [1.82, 2.24) is 9.97 Å². The monoisotopic (exact) mass is 270 g/mol. The molecule has 0 unspecified atom stereocenters. The predicted molar refractivity (Wildman–Crippen MR) is 74.0 cm³/mol. The molecule has 0 spiro atoms. The number of phenols is 1. The molecular formula is C13H10N4O3. The molecule has 0 bridgehead atoms. The van der Waals surface area contributed by atoms with E-state index in [1.54, 1.807) is 12.1 Å². The van der Waals surface area contributed by atoms with Gasteiger partial charge in [-0.3, -0.25) is 4.79 Å². The Kier molecular flexibility index (Phi) is 2.53. The van der Waals surface area contributed by atoms with Crippen LogP contribution in [0.15, 0.2) is 39.5 Å². The third-order valence-corrected chi connectivity index (χ3v) is 2.75. The molecular weight excluding hydrogens is 260 g/mol. The van der Waals surface area contributed by atoms with E-state index < -0.39 is 0 Å². The average Bonchev–Trinajstić information content (AvgIpc) is 2.39. The fraction of sp³-hybridized carbons (Fsp3) is 0. The van der Waals surface area contributed by atoms with Crippen LogP contribution in [0.25, 0.3) is 22.4 Å². The number of fused-ring (bicyclic) bond motifs is 1. The van der Waals surface area contributed by atoms with Gasteiger partial charge in [0.1, 0.15) is 11.5 Å². The first kappa shape index (κ1) is 12.0. The minimum absolute atomic E-state index is 0.00777. The molecule has 0 atom stereocenters. The average molecular weight is 270 g/mol. The molecule has 20 heavy (non-hydrogen) atoms. The Morgan fingerprint density at radius 3 is 2.70 bits per heavy atom. The van der Waals surface area contributed by atoms with Gasteiger partial charge in [0.2, 0.25) is 11.4 Å². The lowest BCUT2D eigenvalue weighted by Crippen LogP contribution is -2.08. The van der Waals surface area contributed by atoms with E-state index in [1.165, 1.54) is 18.2 Å². The summed E-state index contributed by atoms with van der Waals surface area (Å²) in [6.07, 6.45) is 0. The molecule has 0 aliphatic carbocycles. The van der Waals surface area contributed by atoms with Crippen LogP contribution < -0.4 is 16.9 Å². The molecule has 0 aliphatic rings. The lowest BCUT2D eigenvalue weighted by molar-refractivity contribution is 0.475. The number of aromatic hydroxyl groups is 1. The lowest BCUT2D eigenvalue weighted by atomic mass is 10.1. The summed E-state index contributed by atoms with van der Waals surface area (Å²) < 4.78 is 5.55. The standard InChI is InChI=1S/C13H10N4O3/c14-12-11-10(16-13(15)17-12)8(19)5-9(20-11)6-2-1-3-7(18)4-6/h1-5,18H,(H4,14,15,16,17). The lowest BCUT2D eigenvalue weighted by Gasteiger charge is -2.05. The van der Waals surface area contributed by atoms with Crippen LogP contribution in [0.4, 0.5) is 11.8 Å². The maximum Gasteiger partial charge on any atom is 0.222 e. The molecule has 0 amide bonds. The quantitative estimate of drug-likeness (QED) is 0.604. The predicted octanol–water partition coefficient (Wildman–Crippen LogP) is 1.12. The highest BCUT2D eigenvalue weighted by Gasteiger charge is 2.12. The second kappa shape index (κ2) is 4.23. The van der Waals surface area contributed by atoms with Crippen molar-refractivity contribution < 1.29 is 9.52 Å². The number of benzene rings is 1. The number of nitrogen functional groups attached to an aromatic ring is 2. The summed E-state index contributed by atoms with van der Waals surface area (Å²) >= 11 is 0. The maximum atomic E-state index is 12.0. The van der Waals surface area contributed by atoms with E-state index in [4.69, 9.17) is 15.9 Å². The molecule has 100 valence electrons. The van der Waals surface area contributed by atoms with Gasteiger partial charge in [0.25, 0.3) is 0 Å². The normalized spacial score (nSPS) is 10.8. The number of rotatable bonds is 1. The summed E-state index contributed by atoms with van der Waals surface area (Å²) in [5.41, 5.74) is 11.4. The largest absolute Gasteiger partial charge is 0.508 e. The van der Waals surface area contributed by atoms with Gasteiger partial charge >= 0.3 is 0 Å². The first-order valence-corrected chi connectivity index (χ1v) is 5.71. The molecule has 1 aromatic carbocycles. The molecule has 7 heteroatoms. The Bertz CT molecular complexity index is 873. The Hall–Kier alpha value is -3.09. The molecule has 3 rings (SSSR count). The molecule has 0 fully saturated rings. The van der Waals surface area contributed by atoms with Crippen LogP contribution in [-0.2, 0) is 0 Å². The van der Waals surface area contributed by atoms with Crippen molar-refractivity contribution in [3.05, 3.63) is 40.6 Å². The van der Waals surface area contributed by atoms with Gasteiger partial charge in [-0.2, -0.15) is 4.98 Å². The molecule has 2 aromatic heterocycles. The van der Waals surface area contributed by atoms with Gasteiger partial charge < -0.3 is 21.0 Å². The summed E-state index contributed by atoms with van der Waals surface area (Å²) in [7, 11) is 0. The topological polar surface area (TPSA) is 128 Å². The molecule has 0 saturated carbocycles. The molecule has 0 aliphatic heterocycles. The first-order valence-electron chi connectivity index (χ1n) is 5.71. The molecule has 0 saturated heterocycles. The van der Waals surface area contributed by atoms with Crippen LogP contribution in [0.1, 0.15) is 0 Å². The Morgan fingerprint density at radius 1 is 1.15 bits per heavy atom. The molecule has 0 radical (unpaired) electrons. The minimum Gasteiger partial charge on any atom is -0.508 e. The fourth-order valence-corrected chi connectivity index (χ4v) is 1.88. The van der Waals surface area contributed by atoms with Crippen LogP contribution in [0.2, 0.25) is 0 Å². The van der Waals surface area contributed by atoms with Crippen LogP contribution in [0, 0.1) is 0 Å². The maximum absolute atomic E-state index is 12.0. The summed E-state index contributed by atoms with van der Waals surface area (Å²) in [6, 6.07) is 7.58. The van der Waals surface area contributed by atoms with Crippen molar-refractivity contribution in [3.8, 4) is 17.1 Å². The number of phenolic OH excluding ortho intramolecular Hbond substituents is 1. The van der Waals surface area contributed by atoms with E-state index in [2.05, 4.69) is 9.97 Å². The number of nitrogens with two attached hydrogens (primary N) is 2. The second-order valence-corrected chi connectivity index (χ2v) is 4.17. The summed E-state index contributed by atoms with van der Waals surface area (Å²) in [5, 5.41) is 9.46. The second-order valence-electron chi connectivity index (χ2n) is 4.17. The third-order valence-electron chi connectivity index (χ3n) is 2.75. The summed E-state index contributed by atoms with van der Waals surface area (Å²) in [6.45, 7) is 0. The first-order chi connectivity index (χ1) is 9.54. The minimum atomic E-state index is -0.384.